The van der Waals surface area contributed by atoms with E-state index in [9.17, 15) is 0 Å². The second-order valence-corrected chi connectivity index (χ2v) is 26.2. The third-order valence-corrected chi connectivity index (χ3v) is 19.8. The average molecular weight is 1240 g/mol. The summed E-state index contributed by atoms with van der Waals surface area (Å²) in [6, 6.07) is 92.6. The lowest BCUT2D eigenvalue weighted by Crippen LogP contribution is -2.15. The molecule has 0 bridgehead atoms. The van der Waals surface area contributed by atoms with Crippen LogP contribution in [0.3, 0.4) is 0 Å². The quantitative estimate of drug-likeness (QED) is 0.168. The monoisotopic (exact) mass is 1240 g/mol. The van der Waals surface area contributed by atoms with Crippen LogP contribution in [0.4, 0.5) is 0 Å². The summed E-state index contributed by atoms with van der Waals surface area (Å²) in [4.78, 5) is 28.9. The highest BCUT2D eigenvalue weighted by Crippen LogP contribution is 2.54. The van der Waals surface area contributed by atoms with Crippen LogP contribution >= 0.6 is 11.6 Å². The molecule has 5 heterocycles. The molecule has 10 heteroatoms. The molecule has 3 aliphatic carbocycles. The van der Waals surface area contributed by atoms with Crippen LogP contribution in [0.5, 0.6) is 0 Å². The third-order valence-electron chi connectivity index (χ3n) is 19.7. The Morgan fingerprint density at radius 1 is 0.316 bits per heavy atom. The van der Waals surface area contributed by atoms with Crippen LogP contribution in [-0.4, -0.2) is 34.5 Å². The molecule has 17 aromatic rings. The zero-order valence-corrected chi connectivity index (χ0v) is 53.2. The maximum atomic E-state index is 6.26. The average Bonchev–Trinajstić information content (AvgIpc) is 1.56. The van der Waals surface area contributed by atoms with Crippen LogP contribution in [0.15, 0.2) is 276 Å². The van der Waals surface area contributed by atoms with Gasteiger partial charge in [-0.05, 0) is 133 Å². The van der Waals surface area contributed by atoms with Crippen molar-refractivity contribution >= 4 is 77.3 Å². The molecule has 0 fully saturated rings. The number of benzene rings is 12. The Labute approximate surface area is 552 Å². The van der Waals surface area contributed by atoms with E-state index < -0.39 is 0 Å². The molecule has 0 saturated carbocycles. The fraction of sp³-hybridized carbons (Fsp3) is 0.0824. The number of halogens is 1. The first-order valence-electron chi connectivity index (χ1n) is 32.1. The maximum Gasteiger partial charge on any atom is 0.238 e. The molecule has 0 aliphatic heterocycles. The Morgan fingerprint density at radius 2 is 0.768 bits per heavy atom. The first-order valence-corrected chi connectivity index (χ1v) is 32.5. The number of nitrogens with zero attached hydrogens (tertiary/aromatic N) is 7. The zero-order valence-electron chi connectivity index (χ0n) is 52.4. The van der Waals surface area contributed by atoms with Crippen molar-refractivity contribution in [2.24, 2.45) is 0 Å². The van der Waals surface area contributed by atoms with E-state index in [0.29, 0.717) is 29.2 Å². The number of furan rings is 2. The minimum Gasteiger partial charge on any atom is -0.456 e. The highest BCUT2D eigenvalue weighted by atomic mass is 35.5. The summed E-state index contributed by atoms with van der Waals surface area (Å²) < 4.78 is 14.4. The summed E-state index contributed by atoms with van der Waals surface area (Å²) in [5.74, 6) is 2.88. The first kappa shape index (κ1) is 56.1. The normalized spacial score (nSPS) is 13.4. The molecule has 0 radical (unpaired) electrons. The molecule has 0 N–H and O–H groups in total. The van der Waals surface area contributed by atoms with Gasteiger partial charge in [0, 0.05) is 65.4 Å². The van der Waals surface area contributed by atoms with Crippen LogP contribution in [0.1, 0.15) is 61.1 Å². The van der Waals surface area contributed by atoms with Crippen LogP contribution in [0.2, 0.25) is 5.28 Å². The molecule has 452 valence electrons. The maximum absolute atomic E-state index is 6.26. The SMILES string of the molecule is CC1(C)c2ccccc2-c2cc3c(cc21)Cc1ccccc1-3.CC1(C)c2ccccc2-c2cc3c4ccccc4n(-c4nc(-c5ccccc5)nc(-c5cccc6oc7ccccc7c56)n4)c3cc21.Clc1nc(-c2ccccc2)nc(-c2cccc3oc4ccccc4c23)n1. The van der Waals surface area contributed by atoms with E-state index in [1.54, 1.807) is 0 Å². The van der Waals surface area contributed by atoms with Gasteiger partial charge < -0.3 is 8.83 Å². The van der Waals surface area contributed by atoms with E-state index in [1.807, 2.05) is 121 Å². The number of hydrogen-bond donors (Lipinski definition) is 0. The molecule has 0 saturated heterocycles. The van der Waals surface area contributed by atoms with Gasteiger partial charge in [0.05, 0.1) is 11.0 Å². The Morgan fingerprint density at radius 3 is 1.39 bits per heavy atom. The van der Waals surface area contributed by atoms with E-state index >= 15 is 0 Å². The summed E-state index contributed by atoms with van der Waals surface area (Å²) in [6.45, 7) is 9.35. The summed E-state index contributed by atoms with van der Waals surface area (Å²) in [5.41, 5.74) is 25.8. The molecule has 20 rings (SSSR count). The van der Waals surface area contributed by atoms with E-state index in [0.717, 1.165) is 83.6 Å². The van der Waals surface area contributed by atoms with E-state index in [4.69, 9.17) is 35.4 Å². The molecule has 3 aliphatic rings. The Bertz CT molecular complexity index is 5980. The second kappa shape index (κ2) is 21.7. The van der Waals surface area contributed by atoms with Gasteiger partial charge in [0.1, 0.15) is 22.3 Å². The number of para-hydroxylation sites is 3. The largest absolute Gasteiger partial charge is 0.456 e. The van der Waals surface area contributed by atoms with Crippen LogP contribution in [0, 0.1) is 0 Å². The summed E-state index contributed by atoms with van der Waals surface area (Å²) in [6.07, 6.45) is 1.07. The third kappa shape index (κ3) is 9.05. The molecule has 0 amide bonds. The van der Waals surface area contributed by atoms with Crippen molar-refractivity contribution in [1.82, 2.24) is 34.5 Å². The molecule has 5 aromatic heterocycles. The molecule has 0 atom stereocenters. The lowest BCUT2D eigenvalue weighted by Gasteiger charge is -2.22. The van der Waals surface area contributed by atoms with Crippen molar-refractivity contribution in [3.8, 4) is 84.9 Å². The van der Waals surface area contributed by atoms with Gasteiger partial charge in [0.25, 0.3) is 0 Å². The second-order valence-electron chi connectivity index (χ2n) is 25.8. The summed E-state index contributed by atoms with van der Waals surface area (Å²) in [7, 11) is 0. The highest BCUT2D eigenvalue weighted by molar-refractivity contribution is 6.28. The van der Waals surface area contributed by atoms with Gasteiger partial charge in [-0.25, -0.2) is 9.97 Å². The Hall–Kier alpha value is -11.7. The molecule has 12 aromatic carbocycles. The van der Waals surface area contributed by atoms with Crippen LogP contribution < -0.4 is 0 Å². The smallest absolute Gasteiger partial charge is 0.238 e. The minimum absolute atomic E-state index is 0.107. The van der Waals surface area contributed by atoms with E-state index in [2.05, 4.69) is 193 Å². The van der Waals surface area contributed by atoms with Crippen molar-refractivity contribution in [3.63, 3.8) is 0 Å². The predicted octanol–water partition coefficient (Wildman–Crippen LogP) is 21.8. The van der Waals surface area contributed by atoms with Crippen molar-refractivity contribution in [3.05, 3.63) is 306 Å². The van der Waals surface area contributed by atoms with Gasteiger partial charge in [0.15, 0.2) is 23.3 Å². The number of rotatable bonds is 5. The van der Waals surface area contributed by atoms with Gasteiger partial charge in [0.2, 0.25) is 11.2 Å². The highest BCUT2D eigenvalue weighted by Gasteiger charge is 2.38. The molecule has 95 heavy (non-hydrogen) atoms. The lowest BCUT2D eigenvalue weighted by molar-refractivity contribution is 0.659. The number of hydrogen-bond acceptors (Lipinski definition) is 8. The fourth-order valence-corrected chi connectivity index (χ4v) is 15.3. The molecule has 9 nitrogen and oxygen atoms in total. The summed E-state index contributed by atoms with van der Waals surface area (Å²) >= 11 is 6.21. The van der Waals surface area contributed by atoms with Gasteiger partial charge in [-0.2, -0.15) is 19.9 Å². The molecule has 0 unspecified atom stereocenters. The van der Waals surface area contributed by atoms with Gasteiger partial charge >= 0.3 is 0 Å². The molecule has 0 spiro atoms. The topological polar surface area (TPSA) is 109 Å². The van der Waals surface area contributed by atoms with E-state index in [-0.39, 0.29) is 16.1 Å². The van der Waals surface area contributed by atoms with Crippen molar-refractivity contribution < 1.29 is 8.83 Å². The lowest BCUT2D eigenvalue weighted by atomic mass is 9.81. The van der Waals surface area contributed by atoms with Crippen molar-refractivity contribution in [1.29, 1.82) is 0 Å². The number of aromatic nitrogens is 7. The van der Waals surface area contributed by atoms with E-state index in [1.165, 1.54) is 77.5 Å². The fourth-order valence-electron chi connectivity index (χ4n) is 15.1. The zero-order chi connectivity index (χ0) is 63.7. The standard InChI is InChI=1S/C42H28N4O.C22H18.C21H12ClN3O/c1-42(2)32-19-9-6-15-26(32)30-23-31-27-16-7-10-20-34(27)46(35(31)24-33(30)42)41-44-39(25-13-4-3-5-14-25)43-40(45-41)29-18-12-22-37-38(29)28-17-8-11-21-36(28)47-37;1-22(2)20-10-6-5-9-17(20)19-13-18-15(12-21(19)22)11-14-7-3-4-8-16(14)18;22-21-24-19(13-7-2-1-3-8-13)23-20(25-21)15-10-6-12-17-18(15)14-9-4-5-11-16(14)26-17/h3-24H,1-2H3;3-10,12-13H,11H2,1-2H3;1-12H. The van der Waals surface area contributed by atoms with Crippen LogP contribution in [-0.2, 0) is 17.3 Å². The Kier molecular flexibility index (Phi) is 12.8. The van der Waals surface area contributed by atoms with Crippen molar-refractivity contribution in [2.45, 2.75) is 44.9 Å². The summed E-state index contributed by atoms with van der Waals surface area (Å²) in [5, 5.41) is 6.55. The first-order chi connectivity index (χ1) is 46.5. The molecular formula is C85H58ClN7O2. The molecular weight excluding hydrogens is 1190 g/mol. The number of fused-ring (bicyclic) bond motifs is 18. The minimum atomic E-state index is -0.140. The van der Waals surface area contributed by atoms with Gasteiger partial charge in [-0.1, -0.05) is 246 Å². The van der Waals surface area contributed by atoms with Crippen molar-refractivity contribution in [2.75, 3.05) is 0 Å². The van der Waals surface area contributed by atoms with Gasteiger partial charge in [-0.15, -0.1) is 0 Å². The van der Waals surface area contributed by atoms with Crippen LogP contribution in [0.25, 0.3) is 151 Å². The Balaban J connectivity index is 0.000000115. The van der Waals surface area contributed by atoms with Gasteiger partial charge in [-0.3, -0.25) is 4.57 Å². The predicted molar refractivity (Wildman–Crippen MR) is 385 cm³/mol.